The summed E-state index contributed by atoms with van der Waals surface area (Å²) >= 11 is 0. The van der Waals surface area contributed by atoms with Gasteiger partial charge in [0.25, 0.3) is 0 Å². The third kappa shape index (κ3) is 4.51. The Kier molecular flexibility index (Phi) is 6.18. The van der Waals surface area contributed by atoms with E-state index in [1.165, 1.54) is 22.3 Å². The van der Waals surface area contributed by atoms with Gasteiger partial charge in [0.1, 0.15) is 22.3 Å². The number of hydrogen-bond donors (Lipinski definition) is 0. The first-order valence-electron chi connectivity index (χ1n) is 16.6. The molecule has 3 heteroatoms. The summed E-state index contributed by atoms with van der Waals surface area (Å²) in [4.78, 5) is 2.35. The minimum Gasteiger partial charge on any atom is -0.456 e. The van der Waals surface area contributed by atoms with E-state index in [9.17, 15) is 0 Å². The van der Waals surface area contributed by atoms with Crippen LogP contribution in [-0.4, -0.2) is 0 Å². The maximum atomic E-state index is 6.50. The molecule has 0 N–H and O–H groups in total. The van der Waals surface area contributed by atoms with E-state index >= 15 is 0 Å². The Hall–Kier alpha value is -6.58. The Morgan fingerprint density at radius 3 is 1.37 bits per heavy atom. The van der Waals surface area contributed by atoms with Crippen molar-refractivity contribution in [2.24, 2.45) is 0 Å². The summed E-state index contributed by atoms with van der Waals surface area (Å²) < 4.78 is 12.7. The molecule has 0 amide bonds. The molecule has 10 rings (SSSR count). The van der Waals surface area contributed by atoms with Gasteiger partial charge in [0, 0.05) is 38.6 Å². The topological polar surface area (TPSA) is 29.5 Å². The number of nitrogens with zero attached hydrogens (tertiary/aromatic N) is 1. The molecule has 3 nitrogen and oxygen atoms in total. The molecule has 0 aliphatic heterocycles. The summed E-state index contributed by atoms with van der Waals surface area (Å²) in [5, 5.41) is 6.75. The smallest absolute Gasteiger partial charge is 0.136 e. The van der Waals surface area contributed by atoms with Crippen LogP contribution in [0.2, 0.25) is 0 Å². The molecular formula is C46H29NO2. The van der Waals surface area contributed by atoms with E-state index in [1.807, 2.05) is 12.1 Å². The van der Waals surface area contributed by atoms with Gasteiger partial charge in [-0.2, -0.15) is 0 Å². The second-order valence-electron chi connectivity index (χ2n) is 12.5. The number of hydrogen-bond acceptors (Lipinski definition) is 3. The zero-order valence-electron chi connectivity index (χ0n) is 26.5. The highest BCUT2D eigenvalue weighted by atomic mass is 16.3. The number of furan rings is 2. The fraction of sp³-hybridized carbons (Fsp3) is 0. The van der Waals surface area contributed by atoms with Gasteiger partial charge in [-0.05, 0) is 106 Å². The van der Waals surface area contributed by atoms with Crippen LogP contribution in [0.3, 0.4) is 0 Å². The van der Waals surface area contributed by atoms with E-state index in [2.05, 4.69) is 169 Å². The minimum absolute atomic E-state index is 0.861. The standard InChI is InChI=1S/C46H29NO2/c1-3-11-30(12-4-1)32-15-9-17-34(27-32)47(35-18-10-16-33(28-35)31-13-5-2-6-14-31)36-21-24-42-40(29-36)46-38-23-25-43-45(37(38)22-26-44(46)49-42)39-19-7-8-20-41(39)48-43/h1-29H. The van der Waals surface area contributed by atoms with Crippen LogP contribution in [0.1, 0.15) is 0 Å². The fourth-order valence-electron chi connectivity index (χ4n) is 7.39. The number of para-hydroxylation sites is 1. The minimum atomic E-state index is 0.861. The third-order valence-electron chi connectivity index (χ3n) is 9.63. The molecule has 49 heavy (non-hydrogen) atoms. The normalized spacial score (nSPS) is 11.7. The molecule has 10 aromatic rings. The molecule has 0 spiro atoms. The van der Waals surface area contributed by atoms with Crippen LogP contribution in [-0.2, 0) is 0 Å². The highest BCUT2D eigenvalue weighted by Gasteiger charge is 2.19. The predicted octanol–water partition coefficient (Wildman–Crippen LogP) is 13.4. The summed E-state index contributed by atoms with van der Waals surface area (Å²) in [5.74, 6) is 0. The summed E-state index contributed by atoms with van der Waals surface area (Å²) in [5.41, 5.74) is 11.4. The number of benzene rings is 8. The van der Waals surface area contributed by atoms with Gasteiger partial charge < -0.3 is 13.7 Å². The average molecular weight is 628 g/mol. The summed E-state index contributed by atoms with van der Waals surface area (Å²) in [6.07, 6.45) is 0. The van der Waals surface area contributed by atoms with Gasteiger partial charge in [-0.3, -0.25) is 0 Å². The van der Waals surface area contributed by atoms with E-state index in [4.69, 9.17) is 8.83 Å². The van der Waals surface area contributed by atoms with Crippen LogP contribution in [0.4, 0.5) is 17.1 Å². The molecule has 0 atom stereocenters. The van der Waals surface area contributed by atoms with Crippen molar-refractivity contribution in [1.82, 2.24) is 0 Å². The first-order chi connectivity index (χ1) is 24.3. The Bertz CT molecular complexity index is 2750. The van der Waals surface area contributed by atoms with Crippen molar-refractivity contribution in [3.63, 3.8) is 0 Å². The Balaban J connectivity index is 1.21. The molecule has 2 aromatic heterocycles. The van der Waals surface area contributed by atoms with Crippen LogP contribution in [0.5, 0.6) is 0 Å². The van der Waals surface area contributed by atoms with Crippen molar-refractivity contribution in [2.75, 3.05) is 4.90 Å². The van der Waals surface area contributed by atoms with Gasteiger partial charge >= 0.3 is 0 Å². The molecular weight excluding hydrogens is 599 g/mol. The molecule has 8 aromatic carbocycles. The van der Waals surface area contributed by atoms with Crippen LogP contribution in [0.25, 0.3) is 76.9 Å². The maximum absolute atomic E-state index is 6.50. The lowest BCUT2D eigenvalue weighted by molar-refractivity contribution is 0.668. The molecule has 0 saturated heterocycles. The largest absolute Gasteiger partial charge is 0.456 e. The predicted molar refractivity (Wildman–Crippen MR) is 204 cm³/mol. The molecule has 230 valence electrons. The van der Waals surface area contributed by atoms with Gasteiger partial charge in [0.15, 0.2) is 0 Å². The molecule has 0 unspecified atom stereocenters. The van der Waals surface area contributed by atoms with Gasteiger partial charge in [0.05, 0.1) is 0 Å². The van der Waals surface area contributed by atoms with E-state index in [0.29, 0.717) is 0 Å². The first kappa shape index (κ1) is 27.5. The Labute approximate surface area is 282 Å². The van der Waals surface area contributed by atoms with Crippen LogP contribution >= 0.6 is 0 Å². The number of anilines is 3. The van der Waals surface area contributed by atoms with Crippen LogP contribution in [0, 0.1) is 0 Å². The van der Waals surface area contributed by atoms with Crippen LogP contribution in [0.15, 0.2) is 185 Å². The number of rotatable bonds is 5. The Morgan fingerprint density at radius 1 is 0.286 bits per heavy atom. The summed E-state index contributed by atoms with van der Waals surface area (Å²) in [7, 11) is 0. The van der Waals surface area contributed by atoms with Gasteiger partial charge in [-0.25, -0.2) is 0 Å². The molecule has 2 heterocycles. The average Bonchev–Trinajstić information content (AvgIpc) is 3.74. The Morgan fingerprint density at radius 2 is 0.755 bits per heavy atom. The van der Waals surface area contributed by atoms with Gasteiger partial charge in [0.2, 0.25) is 0 Å². The van der Waals surface area contributed by atoms with E-state index < -0.39 is 0 Å². The lowest BCUT2D eigenvalue weighted by Crippen LogP contribution is -2.10. The van der Waals surface area contributed by atoms with Crippen molar-refractivity contribution in [1.29, 1.82) is 0 Å². The van der Waals surface area contributed by atoms with Crippen molar-refractivity contribution in [3.8, 4) is 22.3 Å². The van der Waals surface area contributed by atoms with Crippen molar-refractivity contribution >= 4 is 71.7 Å². The van der Waals surface area contributed by atoms with Crippen molar-refractivity contribution in [3.05, 3.63) is 176 Å². The zero-order valence-corrected chi connectivity index (χ0v) is 26.5. The second-order valence-corrected chi connectivity index (χ2v) is 12.5. The van der Waals surface area contributed by atoms with Crippen LogP contribution < -0.4 is 4.90 Å². The molecule has 0 aliphatic carbocycles. The zero-order chi connectivity index (χ0) is 32.3. The molecule has 0 bridgehead atoms. The molecule has 0 fully saturated rings. The highest BCUT2D eigenvalue weighted by molar-refractivity contribution is 6.27. The highest BCUT2D eigenvalue weighted by Crippen LogP contribution is 2.44. The molecule has 0 aliphatic rings. The summed E-state index contributed by atoms with van der Waals surface area (Å²) in [6, 6.07) is 62.1. The van der Waals surface area contributed by atoms with E-state index in [0.717, 1.165) is 71.7 Å². The molecule has 0 radical (unpaired) electrons. The maximum Gasteiger partial charge on any atom is 0.136 e. The monoisotopic (exact) mass is 627 g/mol. The molecule has 0 saturated carbocycles. The lowest BCUT2D eigenvalue weighted by atomic mass is 9.99. The first-order valence-corrected chi connectivity index (χ1v) is 16.6. The lowest BCUT2D eigenvalue weighted by Gasteiger charge is -2.26. The van der Waals surface area contributed by atoms with E-state index in [1.54, 1.807) is 0 Å². The quantitative estimate of drug-likeness (QED) is 0.190. The van der Waals surface area contributed by atoms with Gasteiger partial charge in [-0.15, -0.1) is 0 Å². The van der Waals surface area contributed by atoms with Crippen molar-refractivity contribution in [2.45, 2.75) is 0 Å². The third-order valence-corrected chi connectivity index (χ3v) is 9.63. The second kappa shape index (κ2) is 11.0. The van der Waals surface area contributed by atoms with E-state index in [-0.39, 0.29) is 0 Å². The fourth-order valence-corrected chi connectivity index (χ4v) is 7.39. The SMILES string of the molecule is c1ccc(-c2cccc(N(c3cccc(-c4ccccc4)c3)c3ccc4oc5ccc6c(ccc7oc8ccccc8c76)c5c4c3)c2)cc1. The summed E-state index contributed by atoms with van der Waals surface area (Å²) in [6.45, 7) is 0. The number of fused-ring (bicyclic) bond motifs is 9. The van der Waals surface area contributed by atoms with Gasteiger partial charge in [-0.1, -0.05) is 103 Å². The van der Waals surface area contributed by atoms with Crippen molar-refractivity contribution < 1.29 is 8.83 Å².